The van der Waals surface area contributed by atoms with Crippen molar-refractivity contribution in [2.75, 3.05) is 11.5 Å². The zero-order valence-corrected chi connectivity index (χ0v) is 21.0. The van der Waals surface area contributed by atoms with Gasteiger partial charge in [-0.2, -0.15) is 0 Å². The first-order valence-corrected chi connectivity index (χ1v) is 12.4. The topological polar surface area (TPSA) is 128 Å². The number of carbonyl (C=O) groups is 1. The normalized spacial score (nSPS) is 18.4. The van der Waals surface area contributed by atoms with Crippen LogP contribution in [0, 0.1) is 15.5 Å². The number of nitrogens with zero attached hydrogens (tertiary/aromatic N) is 2. The third-order valence-electron chi connectivity index (χ3n) is 6.51. The summed E-state index contributed by atoms with van der Waals surface area (Å²) in [4.78, 5) is 25.8. The van der Waals surface area contributed by atoms with Crippen molar-refractivity contribution in [3.8, 4) is 0 Å². The summed E-state index contributed by atoms with van der Waals surface area (Å²) in [6, 6.07) is 24.4. The van der Waals surface area contributed by atoms with E-state index in [2.05, 4.69) is 0 Å². The lowest BCUT2D eigenvalue weighted by molar-refractivity contribution is -0.384. The molecule has 1 heterocycles. The zero-order valence-electron chi connectivity index (χ0n) is 21.0. The summed E-state index contributed by atoms with van der Waals surface area (Å²) < 4.78 is 0. The number of benzene rings is 3. The van der Waals surface area contributed by atoms with Crippen molar-refractivity contribution in [3.05, 3.63) is 123 Å². The van der Waals surface area contributed by atoms with Crippen LogP contribution in [0.25, 0.3) is 5.76 Å². The van der Waals surface area contributed by atoms with Gasteiger partial charge in [-0.1, -0.05) is 60.7 Å². The molecule has 2 aliphatic rings. The Bertz CT molecular complexity index is 1400. The third-order valence-corrected chi connectivity index (χ3v) is 6.51. The van der Waals surface area contributed by atoms with Crippen molar-refractivity contribution >= 4 is 28.8 Å². The maximum absolute atomic E-state index is 13.4. The van der Waals surface area contributed by atoms with E-state index in [0.29, 0.717) is 47.4 Å². The van der Waals surface area contributed by atoms with E-state index in [9.17, 15) is 25.4 Å². The number of rotatable bonds is 4. The number of nitro groups is 1. The molecule has 3 N–H and O–H groups in total. The largest absolute Gasteiger partial charge is 0.507 e. The van der Waals surface area contributed by atoms with Crippen LogP contribution in [0.4, 0.5) is 11.4 Å². The lowest BCUT2D eigenvalue weighted by atomic mass is 9.73. The Balaban J connectivity index is 0.00000107. The highest BCUT2D eigenvalue weighted by molar-refractivity contribution is 6.19. The van der Waals surface area contributed by atoms with Gasteiger partial charge >= 0.3 is 0 Å². The lowest BCUT2D eigenvalue weighted by Crippen LogP contribution is -2.42. The van der Waals surface area contributed by atoms with Crippen LogP contribution in [0.5, 0.6) is 0 Å². The molecule has 5 rings (SSSR count). The van der Waals surface area contributed by atoms with E-state index in [-0.39, 0.29) is 29.7 Å². The van der Waals surface area contributed by atoms with Gasteiger partial charge in [-0.25, -0.2) is 0 Å². The van der Waals surface area contributed by atoms with E-state index in [1.807, 2.05) is 36.4 Å². The van der Waals surface area contributed by atoms with Crippen LogP contribution < -0.4 is 4.90 Å². The molecule has 1 unspecified atom stereocenters. The minimum absolute atomic E-state index is 0.0159. The van der Waals surface area contributed by atoms with Crippen molar-refractivity contribution in [3.63, 3.8) is 0 Å². The number of carbonyl (C=O) groups excluding carboxylic acids is 1. The van der Waals surface area contributed by atoms with Crippen LogP contribution in [-0.4, -0.2) is 33.4 Å². The Morgan fingerprint density at radius 1 is 1.00 bits per heavy atom. The number of nitrogens with one attached hydrogen (secondary N) is 1. The SMILES string of the molecule is CCO.N=C1/C(=C(/O)c2ccccc2)C(c2ccccc2)C2=C(CCCC2=O)N1c1ccc([N+](=O)[O-])cc1. The van der Waals surface area contributed by atoms with Crippen LogP contribution in [-0.2, 0) is 4.79 Å². The summed E-state index contributed by atoms with van der Waals surface area (Å²) >= 11 is 0. The van der Waals surface area contributed by atoms with Crippen LogP contribution >= 0.6 is 0 Å². The summed E-state index contributed by atoms with van der Waals surface area (Å²) in [6.45, 7) is 1.93. The molecular formula is C30H29N3O5. The average molecular weight is 512 g/mol. The molecule has 0 fully saturated rings. The molecule has 0 spiro atoms. The van der Waals surface area contributed by atoms with Crippen molar-refractivity contribution in [2.24, 2.45) is 0 Å². The molecule has 8 heteroatoms. The van der Waals surface area contributed by atoms with E-state index >= 15 is 0 Å². The Morgan fingerprint density at radius 2 is 1.58 bits per heavy atom. The Hall–Kier alpha value is -4.56. The van der Waals surface area contributed by atoms with Crippen molar-refractivity contribution in [1.29, 1.82) is 5.41 Å². The Kier molecular flexibility index (Phi) is 8.13. The summed E-state index contributed by atoms with van der Waals surface area (Å²) in [7, 11) is 0. The minimum Gasteiger partial charge on any atom is -0.507 e. The molecule has 38 heavy (non-hydrogen) atoms. The number of nitro benzene ring substituents is 1. The maximum Gasteiger partial charge on any atom is 0.269 e. The van der Waals surface area contributed by atoms with E-state index in [0.717, 1.165) is 5.56 Å². The number of allylic oxidation sites excluding steroid dienone is 2. The number of amidine groups is 1. The Morgan fingerprint density at radius 3 is 2.16 bits per heavy atom. The van der Waals surface area contributed by atoms with Crippen molar-refractivity contribution < 1.29 is 19.9 Å². The van der Waals surface area contributed by atoms with Gasteiger partial charge in [0.15, 0.2) is 5.78 Å². The number of Topliss-reactive ketones (excluding diaryl/α,β-unsaturated/α-hetero) is 1. The fraction of sp³-hybridized carbons (Fsp3) is 0.200. The number of aliphatic hydroxyl groups is 2. The van der Waals surface area contributed by atoms with Gasteiger partial charge < -0.3 is 10.2 Å². The van der Waals surface area contributed by atoms with Gasteiger partial charge in [0.05, 0.1) is 4.92 Å². The number of ketones is 1. The van der Waals surface area contributed by atoms with Gasteiger partial charge in [0, 0.05) is 59.2 Å². The lowest BCUT2D eigenvalue weighted by Gasteiger charge is -2.41. The van der Waals surface area contributed by atoms with Gasteiger partial charge in [-0.15, -0.1) is 0 Å². The molecule has 0 saturated heterocycles. The first-order chi connectivity index (χ1) is 18.4. The molecule has 3 aromatic rings. The molecule has 0 radical (unpaired) electrons. The van der Waals surface area contributed by atoms with Gasteiger partial charge in [0.2, 0.25) is 0 Å². The molecule has 3 aromatic carbocycles. The number of hydrogen-bond acceptors (Lipinski definition) is 6. The van der Waals surface area contributed by atoms with Crippen LogP contribution in [0.15, 0.2) is 102 Å². The van der Waals surface area contributed by atoms with Gasteiger partial charge in [0.25, 0.3) is 5.69 Å². The summed E-state index contributed by atoms with van der Waals surface area (Å²) in [5, 5.41) is 39.5. The fourth-order valence-corrected chi connectivity index (χ4v) is 4.93. The molecule has 0 amide bonds. The van der Waals surface area contributed by atoms with Crippen LogP contribution in [0.3, 0.4) is 0 Å². The van der Waals surface area contributed by atoms with E-state index in [1.165, 1.54) is 12.1 Å². The summed E-state index contributed by atoms with van der Waals surface area (Å²) in [5.74, 6) is -0.636. The fourth-order valence-electron chi connectivity index (χ4n) is 4.93. The molecule has 8 nitrogen and oxygen atoms in total. The second-order valence-electron chi connectivity index (χ2n) is 8.88. The standard InChI is InChI=1S/C28H23N3O4.C2H6O/c29-28-26(27(33)19-10-5-2-6-11-19)24(18-8-3-1-4-9-18)25-22(12-7-13-23(25)32)30(28)20-14-16-21(17-15-20)31(34)35;1-2-3/h1-6,8-11,14-17,24,29,33H,7,12-13H2;3H,2H2,1H3/b27-26+,29-28?;. The molecule has 1 atom stereocenters. The number of hydrogen-bond donors (Lipinski definition) is 3. The number of anilines is 1. The number of non-ortho nitro benzene ring substituents is 1. The highest BCUT2D eigenvalue weighted by atomic mass is 16.6. The monoisotopic (exact) mass is 511 g/mol. The predicted octanol–water partition coefficient (Wildman–Crippen LogP) is 6.15. The summed E-state index contributed by atoms with van der Waals surface area (Å²) in [5.41, 5.74) is 3.44. The van der Waals surface area contributed by atoms with Crippen molar-refractivity contribution in [2.45, 2.75) is 32.1 Å². The molecule has 1 aliphatic heterocycles. The molecule has 0 saturated carbocycles. The second-order valence-corrected chi connectivity index (χ2v) is 8.88. The third kappa shape index (κ3) is 5.12. The van der Waals surface area contributed by atoms with Crippen LogP contribution in [0.1, 0.15) is 43.2 Å². The van der Waals surface area contributed by atoms with Crippen LogP contribution in [0.2, 0.25) is 0 Å². The first kappa shape index (κ1) is 26.5. The van der Waals surface area contributed by atoms with E-state index in [4.69, 9.17) is 5.11 Å². The first-order valence-electron chi connectivity index (χ1n) is 12.4. The average Bonchev–Trinajstić information content (AvgIpc) is 2.94. The Labute approximate surface area is 220 Å². The quantitative estimate of drug-likeness (QED) is 0.219. The molecular weight excluding hydrogens is 482 g/mol. The van der Waals surface area contributed by atoms with Gasteiger partial charge in [-0.3, -0.25) is 25.2 Å². The zero-order chi connectivity index (χ0) is 27.2. The summed E-state index contributed by atoms with van der Waals surface area (Å²) in [6.07, 6.45) is 1.63. The van der Waals surface area contributed by atoms with Gasteiger partial charge in [-0.05, 0) is 37.5 Å². The predicted molar refractivity (Wildman–Crippen MR) is 147 cm³/mol. The highest BCUT2D eigenvalue weighted by Crippen LogP contribution is 2.47. The maximum atomic E-state index is 13.4. The van der Waals surface area contributed by atoms with E-state index in [1.54, 1.807) is 48.2 Å². The van der Waals surface area contributed by atoms with Gasteiger partial charge in [0.1, 0.15) is 11.6 Å². The van der Waals surface area contributed by atoms with E-state index < -0.39 is 10.8 Å². The molecule has 0 aromatic heterocycles. The molecule has 194 valence electrons. The molecule has 0 bridgehead atoms. The minimum atomic E-state index is -0.596. The highest BCUT2D eigenvalue weighted by Gasteiger charge is 2.43. The smallest absolute Gasteiger partial charge is 0.269 e. The molecule has 1 aliphatic carbocycles. The second kappa shape index (κ2) is 11.7. The number of aliphatic hydroxyl groups excluding tert-OH is 2. The van der Waals surface area contributed by atoms with Crippen molar-refractivity contribution in [1.82, 2.24) is 0 Å².